The number of alkyl carbamates (subject to hydrolysis) is 1. The maximum absolute atomic E-state index is 12.3. The maximum Gasteiger partial charge on any atom is 0.413 e. The van der Waals surface area contributed by atoms with Crippen LogP contribution < -0.4 is 10.2 Å². The molecule has 1 aromatic rings. The Balaban J connectivity index is 1.90. The fraction of sp³-hybridized carbons (Fsp3) is 0.444. The summed E-state index contributed by atoms with van der Waals surface area (Å²) in [7, 11) is 0. The highest BCUT2D eigenvalue weighted by Crippen LogP contribution is 2.28. The van der Waals surface area contributed by atoms with Crippen molar-refractivity contribution in [2.24, 2.45) is 5.92 Å². The van der Waals surface area contributed by atoms with Crippen molar-refractivity contribution in [3.05, 3.63) is 29.8 Å². The zero-order valence-corrected chi connectivity index (χ0v) is 14.8. The molecule has 1 saturated heterocycles. The molecule has 0 spiro atoms. The van der Waals surface area contributed by atoms with Crippen LogP contribution in [0, 0.1) is 5.92 Å². The number of nitrogens with zero attached hydrogens (tertiary/aromatic N) is 1. The standard InChI is InChI=1S/C18H22N2O6/c1-3-12-7-5-6-8-14(12)20-10-13(9-16(20)22)17(23)26-11-15(21)19-18(24)25-4-2/h5-8,13H,3-4,9-11H2,1-2H3,(H,19,21,24)/t13-/m0/s1. The maximum atomic E-state index is 12.3. The molecule has 140 valence electrons. The number of ether oxygens (including phenoxy) is 2. The van der Waals surface area contributed by atoms with E-state index in [1.165, 1.54) is 0 Å². The number of amides is 3. The summed E-state index contributed by atoms with van der Waals surface area (Å²) >= 11 is 0. The summed E-state index contributed by atoms with van der Waals surface area (Å²) in [6.45, 7) is 3.32. The molecule has 0 bridgehead atoms. The number of carbonyl (C=O) groups excluding carboxylic acids is 4. The van der Waals surface area contributed by atoms with Crippen LogP contribution >= 0.6 is 0 Å². The van der Waals surface area contributed by atoms with E-state index < -0.39 is 30.5 Å². The molecular weight excluding hydrogens is 340 g/mol. The third kappa shape index (κ3) is 4.81. The lowest BCUT2D eigenvalue weighted by atomic mass is 10.1. The highest BCUT2D eigenvalue weighted by atomic mass is 16.6. The van der Waals surface area contributed by atoms with E-state index in [0.29, 0.717) is 0 Å². The first-order chi connectivity index (χ1) is 12.5. The number of benzene rings is 1. The van der Waals surface area contributed by atoms with E-state index in [2.05, 4.69) is 4.74 Å². The molecule has 1 atom stereocenters. The molecule has 1 fully saturated rings. The molecule has 3 amide bonds. The molecule has 0 saturated carbocycles. The van der Waals surface area contributed by atoms with Crippen LogP contribution in [-0.4, -0.2) is 43.6 Å². The van der Waals surface area contributed by atoms with Crippen LogP contribution in [-0.2, 0) is 30.3 Å². The Morgan fingerprint density at radius 2 is 1.92 bits per heavy atom. The minimum Gasteiger partial charge on any atom is -0.455 e. The summed E-state index contributed by atoms with van der Waals surface area (Å²) in [6.07, 6.45) is -0.105. The second kappa shape index (κ2) is 8.98. The van der Waals surface area contributed by atoms with Crippen LogP contribution in [0.4, 0.5) is 10.5 Å². The van der Waals surface area contributed by atoms with Crippen LogP contribution in [0.25, 0.3) is 0 Å². The number of aryl methyl sites for hydroxylation is 1. The molecule has 0 radical (unpaired) electrons. The van der Waals surface area contributed by atoms with E-state index in [4.69, 9.17) is 4.74 Å². The molecular formula is C18H22N2O6. The Bertz CT molecular complexity index is 703. The van der Waals surface area contributed by atoms with Gasteiger partial charge in [-0.15, -0.1) is 0 Å². The van der Waals surface area contributed by atoms with Gasteiger partial charge < -0.3 is 14.4 Å². The lowest BCUT2D eigenvalue weighted by Gasteiger charge is -2.19. The first-order valence-electron chi connectivity index (χ1n) is 8.47. The van der Waals surface area contributed by atoms with Crippen molar-refractivity contribution in [1.29, 1.82) is 0 Å². The Morgan fingerprint density at radius 3 is 2.62 bits per heavy atom. The number of carbonyl (C=O) groups is 4. The van der Waals surface area contributed by atoms with Crippen molar-refractivity contribution < 1.29 is 28.7 Å². The van der Waals surface area contributed by atoms with Crippen molar-refractivity contribution in [3.63, 3.8) is 0 Å². The number of rotatable bonds is 6. The lowest BCUT2D eigenvalue weighted by Crippen LogP contribution is -2.35. The Kier molecular flexibility index (Phi) is 6.71. The van der Waals surface area contributed by atoms with Gasteiger partial charge in [0.25, 0.3) is 5.91 Å². The molecule has 26 heavy (non-hydrogen) atoms. The van der Waals surface area contributed by atoms with Crippen LogP contribution in [0.15, 0.2) is 24.3 Å². The quantitative estimate of drug-likeness (QED) is 0.768. The topological polar surface area (TPSA) is 102 Å². The highest BCUT2D eigenvalue weighted by molar-refractivity contribution is 6.00. The van der Waals surface area contributed by atoms with Crippen LogP contribution in [0.5, 0.6) is 0 Å². The Labute approximate surface area is 151 Å². The summed E-state index contributed by atoms with van der Waals surface area (Å²) in [4.78, 5) is 48.6. The first kappa shape index (κ1) is 19.4. The van der Waals surface area contributed by atoms with E-state index >= 15 is 0 Å². The van der Waals surface area contributed by atoms with Gasteiger partial charge in [-0.1, -0.05) is 25.1 Å². The smallest absolute Gasteiger partial charge is 0.413 e. The fourth-order valence-corrected chi connectivity index (χ4v) is 2.74. The van der Waals surface area contributed by atoms with Crippen molar-refractivity contribution in [2.45, 2.75) is 26.7 Å². The Morgan fingerprint density at radius 1 is 1.19 bits per heavy atom. The zero-order chi connectivity index (χ0) is 19.1. The number of anilines is 1. The summed E-state index contributed by atoms with van der Waals surface area (Å²) in [5, 5.41) is 1.93. The van der Waals surface area contributed by atoms with Crippen LogP contribution in [0.2, 0.25) is 0 Å². The molecule has 1 aliphatic rings. The van der Waals surface area contributed by atoms with E-state index in [9.17, 15) is 19.2 Å². The monoisotopic (exact) mass is 362 g/mol. The van der Waals surface area contributed by atoms with Gasteiger partial charge in [0.2, 0.25) is 5.91 Å². The number of hydrogen-bond donors (Lipinski definition) is 1. The van der Waals surface area contributed by atoms with Crippen molar-refractivity contribution in [2.75, 3.05) is 24.7 Å². The van der Waals surface area contributed by atoms with Gasteiger partial charge in [-0.3, -0.25) is 19.7 Å². The minimum absolute atomic E-state index is 0.0242. The van der Waals surface area contributed by atoms with Gasteiger partial charge in [-0.05, 0) is 25.0 Å². The summed E-state index contributed by atoms with van der Waals surface area (Å²) < 4.78 is 9.47. The van der Waals surface area contributed by atoms with Gasteiger partial charge in [0.05, 0.1) is 12.5 Å². The van der Waals surface area contributed by atoms with Gasteiger partial charge in [-0.25, -0.2) is 4.79 Å². The molecule has 1 aromatic carbocycles. The van der Waals surface area contributed by atoms with E-state index in [0.717, 1.165) is 17.7 Å². The summed E-state index contributed by atoms with van der Waals surface area (Å²) in [6, 6.07) is 7.52. The predicted octanol–water partition coefficient (Wildman–Crippen LogP) is 1.42. The molecule has 2 rings (SSSR count). The average molecular weight is 362 g/mol. The summed E-state index contributed by atoms with van der Waals surface area (Å²) in [5.41, 5.74) is 1.80. The average Bonchev–Trinajstić information content (AvgIpc) is 3.01. The molecule has 1 N–H and O–H groups in total. The summed E-state index contributed by atoms with van der Waals surface area (Å²) in [5.74, 6) is -2.24. The number of hydrogen-bond acceptors (Lipinski definition) is 6. The SMILES string of the molecule is CCOC(=O)NC(=O)COC(=O)[C@H]1CC(=O)N(c2ccccc2CC)C1. The third-order valence-corrected chi connectivity index (χ3v) is 3.98. The first-order valence-corrected chi connectivity index (χ1v) is 8.47. The van der Waals surface area contributed by atoms with E-state index in [-0.39, 0.29) is 25.5 Å². The van der Waals surface area contributed by atoms with Gasteiger partial charge >= 0.3 is 12.1 Å². The third-order valence-electron chi connectivity index (χ3n) is 3.98. The second-order valence-electron chi connectivity index (χ2n) is 5.76. The molecule has 8 nitrogen and oxygen atoms in total. The fourth-order valence-electron chi connectivity index (χ4n) is 2.74. The second-order valence-corrected chi connectivity index (χ2v) is 5.76. The number of imide groups is 1. The Hall–Kier alpha value is -2.90. The molecule has 0 unspecified atom stereocenters. The van der Waals surface area contributed by atoms with Crippen molar-refractivity contribution >= 4 is 29.6 Å². The number of esters is 1. The van der Waals surface area contributed by atoms with E-state index in [1.54, 1.807) is 11.8 Å². The van der Waals surface area contributed by atoms with Gasteiger partial charge in [-0.2, -0.15) is 0 Å². The van der Waals surface area contributed by atoms with Crippen LogP contribution in [0.1, 0.15) is 25.8 Å². The van der Waals surface area contributed by atoms with Crippen molar-refractivity contribution in [1.82, 2.24) is 5.32 Å². The normalized spacial score (nSPS) is 16.3. The lowest BCUT2D eigenvalue weighted by molar-refractivity contribution is -0.152. The number of para-hydroxylation sites is 1. The largest absolute Gasteiger partial charge is 0.455 e. The highest BCUT2D eigenvalue weighted by Gasteiger charge is 2.37. The molecule has 0 aromatic heterocycles. The predicted molar refractivity (Wildman–Crippen MR) is 92.4 cm³/mol. The van der Waals surface area contributed by atoms with Crippen molar-refractivity contribution in [3.8, 4) is 0 Å². The molecule has 0 aliphatic carbocycles. The zero-order valence-electron chi connectivity index (χ0n) is 14.8. The van der Waals surface area contributed by atoms with E-state index in [1.807, 2.05) is 36.5 Å². The number of nitrogens with one attached hydrogen (secondary N) is 1. The van der Waals surface area contributed by atoms with Gasteiger partial charge in [0, 0.05) is 18.7 Å². The molecule has 8 heteroatoms. The van der Waals surface area contributed by atoms with Gasteiger partial charge in [0.1, 0.15) is 0 Å². The molecule has 1 heterocycles. The van der Waals surface area contributed by atoms with Crippen LogP contribution in [0.3, 0.4) is 0 Å². The minimum atomic E-state index is -0.896. The van der Waals surface area contributed by atoms with Gasteiger partial charge in [0.15, 0.2) is 6.61 Å². The molecule has 1 aliphatic heterocycles.